The molecule has 3 fully saturated rings. The zero-order valence-corrected chi connectivity index (χ0v) is 17.5. The summed E-state index contributed by atoms with van der Waals surface area (Å²) < 4.78 is 5.94. The van der Waals surface area contributed by atoms with E-state index < -0.39 is 0 Å². The summed E-state index contributed by atoms with van der Waals surface area (Å²) in [7, 11) is 0. The lowest BCUT2D eigenvalue weighted by atomic mass is 9.88. The fourth-order valence-corrected chi connectivity index (χ4v) is 4.81. The highest BCUT2D eigenvalue weighted by molar-refractivity contribution is 5.92. The molecule has 3 atom stereocenters. The summed E-state index contributed by atoms with van der Waals surface area (Å²) in [5.74, 6) is 1.17. The summed E-state index contributed by atoms with van der Waals surface area (Å²) in [6.07, 6.45) is 9.76. The molecule has 1 aromatic carbocycles. The largest absolute Gasteiger partial charge is 0.373 e. The lowest BCUT2D eigenvalue weighted by Crippen LogP contribution is -2.47. The first-order valence-electron chi connectivity index (χ1n) is 11.3. The quantitative estimate of drug-likeness (QED) is 0.506. The van der Waals surface area contributed by atoms with Crippen molar-refractivity contribution in [3.8, 4) is 0 Å². The molecule has 3 N–H and O–H groups in total. The van der Waals surface area contributed by atoms with E-state index in [1.807, 2.05) is 18.2 Å². The summed E-state index contributed by atoms with van der Waals surface area (Å²) in [6, 6.07) is 8.40. The van der Waals surface area contributed by atoms with Crippen molar-refractivity contribution in [2.75, 3.05) is 11.9 Å². The van der Waals surface area contributed by atoms with Crippen LogP contribution in [0, 0.1) is 5.92 Å². The van der Waals surface area contributed by atoms with E-state index in [0.717, 1.165) is 49.4 Å². The normalized spacial score (nSPS) is 27.1. The van der Waals surface area contributed by atoms with Crippen LogP contribution in [0.3, 0.4) is 0 Å². The Balaban J connectivity index is 1.34. The molecule has 3 unspecified atom stereocenters. The second kappa shape index (κ2) is 9.61. The molecule has 3 aliphatic rings. The average molecular weight is 399 g/mol. The van der Waals surface area contributed by atoms with Crippen molar-refractivity contribution in [1.29, 1.82) is 0 Å². The van der Waals surface area contributed by atoms with Gasteiger partial charge in [0, 0.05) is 18.2 Å². The zero-order valence-electron chi connectivity index (χ0n) is 17.5. The second-order valence-electron chi connectivity index (χ2n) is 8.58. The minimum atomic E-state index is 0.164. The fourth-order valence-electron chi connectivity index (χ4n) is 4.81. The Kier molecular flexibility index (Phi) is 6.70. The molecule has 158 valence electrons. The molecule has 29 heavy (non-hydrogen) atoms. The van der Waals surface area contributed by atoms with Gasteiger partial charge in [0.2, 0.25) is 5.91 Å². The second-order valence-corrected chi connectivity index (χ2v) is 8.58. The van der Waals surface area contributed by atoms with Crippen molar-refractivity contribution >= 4 is 17.6 Å². The Morgan fingerprint density at radius 3 is 2.76 bits per heavy atom. The molecule has 1 saturated carbocycles. The highest BCUT2D eigenvalue weighted by atomic mass is 16.5. The lowest BCUT2D eigenvalue weighted by molar-refractivity contribution is -0.120. The fraction of sp³-hybridized carbons (Fsp3) is 0.652. The number of ether oxygens (including phenoxy) is 1. The number of nitrogens with zero attached hydrogens (tertiary/aromatic N) is 1. The maximum atomic E-state index is 12.5. The summed E-state index contributed by atoms with van der Waals surface area (Å²) in [6.45, 7) is 3.48. The summed E-state index contributed by atoms with van der Waals surface area (Å²) in [5, 5.41) is 10.0. The van der Waals surface area contributed by atoms with Gasteiger partial charge in [-0.2, -0.15) is 0 Å². The molecule has 0 radical (unpaired) electrons. The number of carbonyl (C=O) groups excluding carboxylic acids is 1. The van der Waals surface area contributed by atoms with Gasteiger partial charge in [-0.15, -0.1) is 0 Å². The van der Waals surface area contributed by atoms with Gasteiger partial charge in [-0.05, 0) is 56.7 Å². The highest BCUT2D eigenvalue weighted by Gasteiger charge is 2.41. The van der Waals surface area contributed by atoms with Crippen LogP contribution in [0.2, 0.25) is 0 Å². The third-order valence-electron chi connectivity index (χ3n) is 6.36. The minimum Gasteiger partial charge on any atom is -0.373 e. The van der Waals surface area contributed by atoms with E-state index in [0.29, 0.717) is 24.8 Å². The van der Waals surface area contributed by atoms with E-state index in [1.54, 1.807) is 0 Å². The summed E-state index contributed by atoms with van der Waals surface area (Å²) >= 11 is 0. The van der Waals surface area contributed by atoms with Crippen LogP contribution >= 0.6 is 0 Å². The van der Waals surface area contributed by atoms with E-state index in [4.69, 9.17) is 9.73 Å². The highest BCUT2D eigenvalue weighted by Crippen LogP contribution is 2.34. The van der Waals surface area contributed by atoms with Crippen LogP contribution in [0.25, 0.3) is 0 Å². The Labute approximate surface area is 173 Å². The number of rotatable bonds is 6. The molecule has 1 aliphatic carbocycles. The smallest absolute Gasteiger partial charge is 0.227 e. The van der Waals surface area contributed by atoms with Crippen LogP contribution in [0.1, 0.15) is 63.9 Å². The Morgan fingerprint density at radius 1 is 1.17 bits per heavy atom. The van der Waals surface area contributed by atoms with E-state index in [9.17, 15) is 4.79 Å². The van der Waals surface area contributed by atoms with Crippen LogP contribution < -0.4 is 16.0 Å². The van der Waals surface area contributed by atoms with Crippen molar-refractivity contribution in [3.05, 3.63) is 29.8 Å². The molecule has 6 heteroatoms. The first-order chi connectivity index (χ1) is 14.2. The first kappa shape index (κ1) is 20.2. The molecular weight excluding hydrogens is 364 g/mol. The standard InChI is InChI=1S/C23H34N4O2/c1-2-24-23(27-20-14-19-11-12-21(20)29-19)25-15-16-7-6-10-18(13-16)26-22(28)17-8-4-3-5-9-17/h6-7,10,13,17,19-21H,2-5,8-9,11-12,14-15H2,1H3,(H,26,28)(H2,24,25,27). The van der Waals surface area contributed by atoms with Crippen molar-refractivity contribution in [1.82, 2.24) is 10.6 Å². The molecule has 6 nitrogen and oxygen atoms in total. The van der Waals surface area contributed by atoms with Crippen molar-refractivity contribution in [2.24, 2.45) is 10.9 Å². The van der Waals surface area contributed by atoms with Gasteiger partial charge >= 0.3 is 0 Å². The van der Waals surface area contributed by atoms with Gasteiger partial charge < -0.3 is 20.7 Å². The summed E-state index contributed by atoms with van der Waals surface area (Å²) in [5.41, 5.74) is 1.96. The number of benzene rings is 1. The van der Waals surface area contributed by atoms with Crippen LogP contribution in [0.15, 0.2) is 29.3 Å². The zero-order chi connectivity index (χ0) is 20.1. The maximum Gasteiger partial charge on any atom is 0.227 e. The Hall–Kier alpha value is -2.08. The van der Waals surface area contributed by atoms with Gasteiger partial charge in [-0.25, -0.2) is 4.99 Å². The molecule has 2 bridgehead atoms. The number of carbonyl (C=O) groups is 1. The molecule has 1 aromatic rings. The minimum absolute atomic E-state index is 0.164. The van der Waals surface area contributed by atoms with Gasteiger partial charge in [-0.1, -0.05) is 31.4 Å². The van der Waals surface area contributed by atoms with Gasteiger partial charge in [-0.3, -0.25) is 4.79 Å². The van der Waals surface area contributed by atoms with Crippen molar-refractivity contribution in [3.63, 3.8) is 0 Å². The predicted octanol–water partition coefficient (Wildman–Crippen LogP) is 3.58. The molecule has 4 rings (SSSR count). The van der Waals surface area contributed by atoms with Crippen molar-refractivity contribution in [2.45, 2.75) is 83.1 Å². The van der Waals surface area contributed by atoms with E-state index in [2.05, 4.69) is 28.9 Å². The first-order valence-corrected chi connectivity index (χ1v) is 11.3. The average Bonchev–Trinajstić information content (AvgIpc) is 3.36. The topological polar surface area (TPSA) is 74.8 Å². The predicted molar refractivity (Wildman–Crippen MR) is 116 cm³/mol. The van der Waals surface area contributed by atoms with Crippen LogP contribution in [0.5, 0.6) is 0 Å². The number of hydrogen-bond donors (Lipinski definition) is 3. The third-order valence-corrected chi connectivity index (χ3v) is 6.36. The SMILES string of the molecule is CCNC(=NCc1cccc(NC(=O)C2CCCCC2)c1)NC1CC2CCC1O2. The number of fused-ring (bicyclic) bond motifs is 2. The number of amides is 1. The van der Waals surface area contributed by atoms with Gasteiger partial charge in [0.15, 0.2) is 5.96 Å². The van der Waals surface area contributed by atoms with Crippen molar-refractivity contribution < 1.29 is 9.53 Å². The van der Waals surface area contributed by atoms with Gasteiger partial charge in [0.1, 0.15) is 0 Å². The van der Waals surface area contributed by atoms with Gasteiger partial charge in [0.25, 0.3) is 0 Å². The third kappa shape index (κ3) is 5.30. The van der Waals surface area contributed by atoms with Crippen LogP contribution in [0.4, 0.5) is 5.69 Å². The lowest BCUT2D eigenvalue weighted by Gasteiger charge is -2.22. The summed E-state index contributed by atoms with van der Waals surface area (Å²) in [4.78, 5) is 17.3. The van der Waals surface area contributed by atoms with E-state index >= 15 is 0 Å². The number of guanidine groups is 1. The van der Waals surface area contributed by atoms with E-state index in [-0.39, 0.29) is 11.8 Å². The Morgan fingerprint density at radius 2 is 2.03 bits per heavy atom. The van der Waals surface area contributed by atoms with Crippen LogP contribution in [-0.4, -0.2) is 36.7 Å². The van der Waals surface area contributed by atoms with E-state index in [1.165, 1.54) is 25.7 Å². The molecule has 0 aromatic heterocycles. The number of aliphatic imine (C=N–C) groups is 1. The molecule has 2 saturated heterocycles. The number of anilines is 1. The molecule has 1 amide bonds. The molecule has 0 spiro atoms. The van der Waals surface area contributed by atoms with Crippen LogP contribution in [-0.2, 0) is 16.1 Å². The maximum absolute atomic E-state index is 12.5. The van der Waals surface area contributed by atoms with Gasteiger partial charge in [0.05, 0.1) is 24.8 Å². The molecule has 2 aliphatic heterocycles. The molecular formula is C23H34N4O2. The monoisotopic (exact) mass is 398 g/mol. The number of hydrogen-bond acceptors (Lipinski definition) is 3. The Bertz CT molecular complexity index is 729. The molecule has 2 heterocycles. The number of nitrogens with one attached hydrogen (secondary N) is 3.